The van der Waals surface area contributed by atoms with E-state index in [4.69, 9.17) is 4.74 Å². The molecule has 148 valence electrons. The second-order valence-corrected chi connectivity index (χ2v) is 8.81. The summed E-state index contributed by atoms with van der Waals surface area (Å²) in [5, 5.41) is 5.63. The molecule has 7 nitrogen and oxygen atoms in total. The zero-order valence-corrected chi connectivity index (χ0v) is 16.5. The minimum absolute atomic E-state index is 0.129. The normalized spacial score (nSPS) is 30.7. The van der Waals surface area contributed by atoms with Gasteiger partial charge in [-0.1, -0.05) is 29.8 Å². The Balaban J connectivity index is 1.56. The molecule has 4 amide bonds. The SMILES string of the molecule is Cc1ccc(N2C(=O)[C@@H]3[C@@H](C2=O)[C@]2(CNC(=O)NC(C)(C)C)C=C[C@H]3O2)cc1. The number of nitrogens with zero attached hydrogens (tertiary/aromatic N) is 1. The van der Waals surface area contributed by atoms with Crippen LogP contribution in [0.1, 0.15) is 26.3 Å². The summed E-state index contributed by atoms with van der Waals surface area (Å²) in [5.41, 5.74) is 0.258. The molecule has 0 saturated carbocycles. The molecule has 7 heteroatoms. The van der Waals surface area contributed by atoms with Crippen molar-refractivity contribution in [2.24, 2.45) is 11.8 Å². The summed E-state index contributed by atoms with van der Waals surface area (Å²) in [7, 11) is 0. The summed E-state index contributed by atoms with van der Waals surface area (Å²) in [6.45, 7) is 7.74. The predicted molar refractivity (Wildman–Crippen MR) is 104 cm³/mol. The van der Waals surface area contributed by atoms with E-state index in [1.54, 1.807) is 12.1 Å². The first-order valence-corrected chi connectivity index (χ1v) is 9.49. The average molecular weight is 383 g/mol. The zero-order chi connectivity index (χ0) is 20.3. The number of rotatable bonds is 3. The number of benzene rings is 1. The number of hydrogen-bond acceptors (Lipinski definition) is 4. The first kappa shape index (κ1) is 18.7. The molecule has 4 rings (SSSR count). The number of ether oxygens (including phenoxy) is 1. The van der Waals surface area contributed by atoms with E-state index in [2.05, 4.69) is 10.6 Å². The molecular formula is C21H25N3O4. The number of nitrogens with one attached hydrogen (secondary N) is 2. The minimum atomic E-state index is -0.989. The lowest BCUT2D eigenvalue weighted by molar-refractivity contribution is -0.126. The van der Waals surface area contributed by atoms with E-state index in [1.807, 2.05) is 52.0 Å². The van der Waals surface area contributed by atoms with Gasteiger partial charge in [-0.05, 0) is 39.8 Å². The Labute approximate surface area is 164 Å². The number of aryl methyl sites for hydroxylation is 1. The van der Waals surface area contributed by atoms with E-state index in [0.717, 1.165) is 5.56 Å². The van der Waals surface area contributed by atoms with Crippen molar-refractivity contribution in [3.05, 3.63) is 42.0 Å². The maximum Gasteiger partial charge on any atom is 0.315 e. The van der Waals surface area contributed by atoms with Gasteiger partial charge >= 0.3 is 6.03 Å². The third-order valence-electron chi connectivity index (χ3n) is 5.46. The smallest absolute Gasteiger partial charge is 0.315 e. The van der Waals surface area contributed by atoms with Gasteiger partial charge in [-0.3, -0.25) is 9.59 Å². The molecule has 0 spiro atoms. The van der Waals surface area contributed by atoms with Crippen molar-refractivity contribution in [1.82, 2.24) is 10.6 Å². The molecule has 3 aliphatic heterocycles. The van der Waals surface area contributed by atoms with Gasteiger partial charge in [0.1, 0.15) is 5.60 Å². The van der Waals surface area contributed by atoms with Gasteiger partial charge in [0.2, 0.25) is 11.8 Å². The van der Waals surface area contributed by atoms with E-state index in [-0.39, 0.29) is 29.9 Å². The van der Waals surface area contributed by atoms with Crippen LogP contribution >= 0.6 is 0 Å². The highest BCUT2D eigenvalue weighted by Gasteiger charge is 2.67. The number of carbonyl (C=O) groups is 3. The number of hydrogen-bond donors (Lipinski definition) is 2. The van der Waals surface area contributed by atoms with Gasteiger partial charge in [0.15, 0.2) is 0 Å². The van der Waals surface area contributed by atoms with Crippen molar-refractivity contribution >= 4 is 23.5 Å². The van der Waals surface area contributed by atoms with Crippen molar-refractivity contribution in [1.29, 1.82) is 0 Å². The number of urea groups is 1. The third-order valence-corrected chi connectivity index (χ3v) is 5.46. The van der Waals surface area contributed by atoms with Crippen LogP contribution in [-0.2, 0) is 14.3 Å². The minimum Gasteiger partial charge on any atom is -0.360 e. The first-order valence-electron chi connectivity index (χ1n) is 9.49. The summed E-state index contributed by atoms with van der Waals surface area (Å²) >= 11 is 0. The van der Waals surface area contributed by atoms with Crippen LogP contribution in [0.25, 0.3) is 0 Å². The van der Waals surface area contributed by atoms with Crippen LogP contribution in [0, 0.1) is 18.8 Å². The lowest BCUT2D eigenvalue weighted by Crippen LogP contribution is -2.53. The lowest BCUT2D eigenvalue weighted by atomic mass is 9.77. The molecule has 1 aromatic rings. The number of amides is 4. The van der Waals surface area contributed by atoms with E-state index in [0.29, 0.717) is 5.69 Å². The fourth-order valence-electron chi connectivity index (χ4n) is 4.26. The van der Waals surface area contributed by atoms with Gasteiger partial charge in [0.25, 0.3) is 0 Å². The van der Waals surface area contributed by atoms with Crippen molar-refractivity contribution in [2.45, 2.75) is 44.9 Å². The molecule has 2 saturated heterocycles. The van der Waals surface area contributed by atoms with Crippen molar-refractivity contribution in [3.63, 3.8) is 0 Å². The van der Waals surface area contributed by atoms with Crippen LogP contribution in [0.4, 0.5) is 10.5 Å². The molecule has 0 unspecified atom stereocenters. The molecule has 0 aromatic heterocycles. The summed E-state index contributed by atoms with van der Waals surface area (Å²) in [5.74, 6) is -1.70. The highest BCUT2D eigenvalue weighted by Crippen LogP contribution is 2.52. The van der Waals surface area contributed by atoms with Crippen LogP contribution in [0.2, 0.25) is 0 Å². The van der Waals surface area contributed by atoms with Gasteiger partial charge in [0.05, 0.1) is 30.2 Å². The van der Waals surface area contributed by atoms with Gasteiger partial charge in [0, 0.05) is 5.54 Å². The molecular weight excluding hydrogens is 358 g/mol. The fraction of sp³-hybridized carbons (Fsp3) is 0.476. The van der Waals surface area contributed by atoms with E-state index in [1.165, 1.54) is 4.90 Å². The Kier molecular flexibility index (Phi) is 4.12. The quantitative estimate of drug-likeness (QED) is 0.617. The predicted octanol–water partition coefficient (Wildman–Crippen LogP) is 1.91. The topological polar surface area (TPSA) is 87.7 Å². The highest BCUT2D eigenvalue weighted by atomic mass is 16.5. The van der Waals surface area contributed by atoms with E-state index in [9.17, 15) is 14.4 Å². The van der Waals surface area contributed by atoms with Crippen LogP contribution in [0.5, 0.6) is 0 Å². The summed E-state index contributed by atoms with van der Waals surface area (Å²) in [6, 6.07) is 6.98. The Morgan fingerprint density at radius 2 is 1.86 bits per heavy atom. The highest BCUT2D eigenvalue weighted by molar-refractivity contribution is 6.23. The maximum atomic E-state index is 13.2. The number of fused-ring (bicyclic) bond motifs is 5. The molecule has 4 atom stereocenters. The summed E-state index contributed by atoms with van der Waals surface area (Å²) < 4.78 is 6.03. The Bertz CT molecular complexity index is 871. The Morgan fingerprint density at radius 1 is 1.18 bits per heavy atom. The second-order valence-electron chi connectivity index (χ2n) is 8.81. The van der Waals surface area contributed by atoms with Gasteiger partial charge in [-0.15, -0.1) is 0 Å². The van der Waals surface area contributed by atoms with Crippen LogP contribution in [0.3, 0.4) is 0 Å². The number of anilines is 1. The Hall–Kier alpha value is -2.67. The van der Waals surface area contributed by atoms with Crippen molar-refractivity contribution < 1.29 is 19.1 Å². The van der Waals surface area contributed by atoms with Gasteiger partial charge in [-0.2, -0.15) is 0 Å². The largest absolute Gasteiger partial charge is 0.360 e. The third kappa shape index (κ3) is 2.90. The molecule has 0 radical (unpaired) electrons. The van der Waals surface area contributed by atoms with Gasteiger partial charge in [-0.25, -0.2) is 9.69 Å². The molecule has 2 N–H and O–H groups in total. The fourth-order valence-corrected chi connectivity index (χ4v) is 4.26. The monoisotopic (exact) mass is 383 g/mol. The summed E-state index contributed by atoms with van der Waals surface area (Å²) in [6.07, 6.45) is 3.21. The number of imide groups is 1. The number of carbonyl (C=O) groups excluding carboxylic acids is 3. The van der Waals surface area contributed by atoms with Crippen LogP contribution in [-0.4, -0.2) is 41.6 Å². The van der Waals surface area contributed by atoms with E-state index < -0.39 is 23.5 Å². The van der Waals surface area contributed by atoms with Crippen LogP contribution < -0.4 is 15.5 Å². The standard InChI is InChI=1S/C21H25N3O4/c1-12-5-7-13(8-6-12)24-17(25)15-14-9-10-21(28-14,16(15)18(24)26)11-22-19(27)23-20(2,3)4/h5-10,14-16H,11H2,1-4H3,(H2,22,23,27)/t14-,15+,16+,21-/m1/s1. The molecule has 2 fully saturated rings. The van der Waals surface area contributed by atoms with Crippen molar-refractivity contribution in [2.75, 3.05) is 11.4 Å². The molecule has 28 heavy (non-hydrogen) atoms. The molecule has 3 aliphatic rings. The molecule has 3 heterocycles. The molecule has 2 bridgehead atoms. The maximum absolute atomic E-state index is 13.2. The van der Waals surface area contributed by atoms with Crippen LogP contribution in [0.15, 0.2) is 36.4 Å². The average Bonchev–Trinajstić information content (AvgIpc) is 3.24. The first-order chi connectivity index (χ1) is 13.1. The van der Waals surface area contributed by atoms with Gasteiger partial charge < -0.3 is 15.4 Å². The zero-order valence-electron chi connectivity index (χ0n) is 16.5. The lowest BCUT2D eigenvalue weighted by Gasteiger charge is -2.30. The molecule has 0 aliphatic carbocycles. The van der Waals surface area contributed by atoms with E-state index >= 15 is 0 Å². The summed E-state index contributed by atoms with van der Waals surface area (Å²) in [4.78, 5) is 39.7. The second kappa shape index (κ2) is 6.17. The Morgan fingerprint density at radius 3 is 2.50 bits per heavy atom. The molecule has 1 aromatic carbocycles. The van der Waals surface area contributed by atoms with Crippen molar-refractivity contribution in [3.8, 4) is 0 Å².